The summed E-state index contributed by atoms with van der Waals surface area (Å²) in [5, 5.41) is 3.41. The first-order valence-electron chi connectivity index (χ1n) is 13.8. The quantitative estimate of drug-likeness (QED) is 0.203. The highest BCUT2D eigenvalue weighted by Crippen LogP contribution is 2.27. The molecule has 10 nitrogen and oxygen atoms in total. The Morgan fingerprint density at radius 3 is 2.51 bits per heavy atom. The SMILES string of the molecule is CCCCCNc1nc(N)nc2ccn(Cc3ccc(CC(=O)OCC(=O)N(CCC)CCC)cc3OC)c12. The second-order valence-corrected chi connectivity index (χ2v) is 9.61. The monoisotopic (exact) mass is 538 g/mol. The highest BCUT2D eigenvalue weighted by atomic mass is 16.5. The van der Waals surface area contributed by atoms with Crippen LogP contribution >= 0.6 is 0 Å². The first-order valence-corrected chi connectivity index (χ1v) is 13.8. The molecule has 0 spiro atoms. The van der Waals surface area contributed by atoms with Crippen LogP contribution in [0.3, 0.4) is 0 Å². The Morgan fingerprint density at radius 2 is 1.82 bits per heavy atom. The van der Waals surface area contributed by atoms with Crippen molar-refractivity contribution in [1.82, 2.24) is 19.4 Å². The molecular formula is C29H42N6O4. The van der Waals surface area contributed by atoms with E-state index in [0.29, 0.717) is 31.2 Å². The van der Waals surface area contributed by atoms with Crippen molar-refractivity contribution in [2.75, 3.05) is 44.4 Å². The zero-order valence-electron chi connectivity index (χ0n) is 23.7. The van der Waals surface area contributed by atoms with Crippen molar-refractivity contribution in [2.45, 2.75) is 65.8 Å². The molecule has 0 aliphatic carbocycles. The van der Waals surface area contributed by atoms with E-state index in [0.717, 1.165) is 60.8 Å². The number of hydrogen-bond acceptors (Lipinski definition) is 8. The van der Waals surface area contributed by atoms with E-state index in [1.165, 1.54) is 0 Å². The third-order valence-corrected chi connectivity index (χ3v) is 6.44. The fourth-order valence-electron chi connectivity index (χ4n) is 4.53. The molecule has 0 saturated heterocycles. The average Bonchev–Trinajstić information content (AvgIpc) is 3.32. The molecule has 212 valence electrons. The Labute approximate surface area is 230 Å². The summed E-state index contributed by atoms with van der Waals surface area (Å²) >= 11 is 0. The summed E-state index contributed by atoms with van der Waals surface area (Å²) in [6.07, 6.45) is 7.06. The van der Waals surface area contributed by atoms with Gasteiger partial charge in [-0.1, -0.05) is 45.7 Å². The number of rotatable bonds is 16. The number of nitrogen functional groups attached to an aromatic ring is 1. The summed E-state index contributed by atoms with van der Waals surface area (Å²) in [7, 11) is 1.61. The second-order valence-electron chi connectivity index (χ2n) is 9.61. The standard InChI is InChI=1S/C29H42N6O4/c1-5-8-9-13-31-28-27-23(32-29(30)33-28)12-16-35(27)19-22-11-10-21(17-24(22)38-4)18-26(37)39-20-25(36)34(14-6-2)15-7-3/h10-12,16-17H,5-9,13-15,18-20H2,1-4H3,(H3,30,31,32,33). The van der Waals surface area contributed by atoms with Crippen molar-refractivity contribution < 1.29 is 19.1 Å². The molecule has 3 aromatic rings. The topological polar surface area (TPSA) is 125 Å². The van der Waals surface area contributed by atoms with Gasteiger partial charge in [0, 0.05) is 31.4 Å². The summed E-state index contributed by atoms with van der Waals surface area (Å²) < 4.78 is 13.0. The number of hydrogen-bond donors (Lipinski definition) is 2. The van der Waals surface area contributed by atoms with E-state index in [-0.39, 0.29) is 24.9 Å². The number of nitrogens with two attached hydrogens (primary N) is 1. The van der Waals surface area contributed by atoms with Gasteiger partial charge in [-0.15, -0.1) is 0 Å². The van der Waals surface area contributed by atoms with Crippen molar-refractivity contribution >= 4 is 34.7 Å². The first kappa shape index (κ1) is 29.7. The van der Waals surface area contributed by atoms with Crippen LogP contribution in [0.15, 0.2) is 30.5 Å². The minimum atomic E-state index is -0.448. The second kappa shape index (κ2) is 14.9. The highest BCUT2D eigenvalue weighted by molar-refractivity contribution is 5.87. The van der Waals surface area contributed by atoms with E-state index in [9.17, 15) is 9.59 Å². The number of fused-ring (bicyclic) bond motifs is 1. The zero-order chi connectivity index (χ0) is 28.2. The molecule has 10 heteroatoms. The Hall–Kier alpha value is -3.82. The molecule has 2 heterocycles. The van der Waals surface area contributed by atoms with Crippen LogP contribution in [0.1, 0.15) is 64.0 Å². The molecule has 0 bridgehead atoms. The van der Waals surface area contributed by atoms with Gasteiger partial charge in [-0.2, -0.15) is 4.98 Å². The number of nitrogens with one attached hydrogen (secondary N) is 1. The lowest BCUT2D eigenvalue weighted by atomic mass is 10.1. The third-order valence-electron chi connectivity index (χ3n) is 6.44. The number of carbonyl (C=O) groups is 2. The maximum atomic E-state index is 12.5. The molecule has 2 aromatic heterocycles. The summed E-state index contributed by atoms with van der Waals surface area (Å²) in [6.45, 7) is 8.62. The Balaban J connectivity index is 1.69. The molecule has 0 atom stereocenters. The molecule has 0 fully saturated rings. The minimum absolute atomic E-state index is 0.0525. The van der Waals surface area contributed by atoms with Crippen LogP contribution in [0.5, 0.6) is 5.75 Å². The number of aromatic nitrogens is 3. The van der Waals surface area contributed by atoms with Gasteiger partial charge >= 0.3 is 5.97 Å². The van der Waals surface area contributed by atoms with E-state index in [4.69, 9.17) is 15.2 Å². The number of benzene rings is 1. The van der Waals surface area contributed by atoms with Crippen LogP contribution in [-0.2, 0) is 27.3 Å². The maximum Gasteiger partial charge on any atom is 0.310 e. The van der Waals surface area contributed by atoms with Crippen LogP contribution in [0.25, 0.3) is 11.0 Å². The first-order chi connectivity index (χ1) is 18.9. The molecule has 0 aliphatic rings. The number of unbranched alkanes of at least 4 members (excludes halogenated alkanes) is 2. The van der Waals surface area contributed by atoms with Crippen LogP contribution in [-0.4, -0.2) is 64.7 Å². The lowest BCUT2D eigenvalue weighted by Gasteiger charge is -2.21. The van der Waals surface area contributed by atoms with Crippen molar-refractivity contribution in [3.05, 3.63) is 41.6 Å². The van der Waals surface area contributed by atoms with E-state index in [2.05, 4.69) is 26.8 Å². The summed E-state index contributed by atoms with van der Waals surface area (Å²) in [4.78, 5) is 35.4. The van der Waals surface area contributed by atoms with Gasteiger partial charge in [-0.3, -0.25) is 9.59 Å². The molecule has 39 heavy (non-hydrogen) atoms. The molecule has 3 rings (SSSR count). The molecule has 1 amide bonds. The molecule has 0 unspecified atom stereocenters. The highest BCUT2D eigenvalue weighted by Gasteiger charge is 2.17. The smallest absolute Gasteiger partial charge is 0.310 e. The van der Waals surface area contributed by atoms with Gasteiger partial charge < -0.3 is 30.0 Å². The molecule has 0 aliphatic heterocycles. The van der Waals surface area contributed by atoms with Crippen molar-refractivity contribution in [1.29, 1.82) is 0 Å². The van der Waals surface area contributed by atoms with Gasteiger partial charge in [0.2, 0.25) is 5.95 Å². The van der Waals surface area contributed by atoms with E-state index >= 15 is 0 Å². The van der Waals surface area contributed by atoms with Crippen LogP contribution in [0.4, 0.5) is 11.8 Å². The molecule has 0 radical (unpaired) electrons. The summed E-state index contributed by atoms with van der Waals surface area (Å²) in [5.74, 6) is 0.990. The van der Waals surface area contributed by atoms with Crippen LogP contribution < -0.4 is 15.8 Å². The predicted octanol–water partition coefficient (Wildman–Crippen LogP) is 4.41. The fraction of sp³-hybridized carbons (Fsp3) is 0.517. The minimum Gasteiger partial charge on any atom is -0.496 e. The largest absolute Gasteiger partial charge is 0.496 e. The molecule has 1 aromatic carbocycles. The van der Waals surface area contributed by atoms with Gasteiger partial charge in [0.15, 0.2) is 12.4 Å². The Bertz CT molecular complexity index is 1240. The number of nitrogens with zero attached hydrogens (tertiary/aromatic N) is 4. The third kappa shape index (κ3) is 8.33. The maximum absolute atomic E-state index is 12.5. The van der Waals surface area contributed by atoms with Crippen LogP contribution in [0.2, 0.25) is 0 Å². The Morgan fingerprint density at radius 1 is 1.05 bits per heavy atom. The molecular weight excluding hydrogens is 496 g/mol. The van der Waals surface area contributed by atoms with Crippen molar-refractivity contribution in [3.8, 4) is 5.75 Å². The lowest BCUT2D eigenvalue weighted by molar-refractivity contribution is -0.151. The van der Waals surface area contributed by atoms with Gasteiger partial charge in [0.05, 0.1) is 25.6 Å². The van der Waals surface area contributed by atoms with Crippen molar-refractivity contribution in [3.63, 3.8) is 0 Å². The van der Waals surface area contributed by atoms with E-state index in [1.54, 1.807) is 12.0 Å². The molecule has 3 N–H and O–H groups in total. The number of amides is 1. The van der Waals surface area contributed by atoms with Gasteiger partial charge in [0.1, 0.15) is 11.3 Å². The van der Waals surface area contributed by atoms with Gasteiger partial charge in [0.25, 0.3) is 5.91 Å². The van der Waals surface area contributed by atoms with Gasteiger partial charge in [-0.05, 0) is 37.0 Å². The van der Waals surface area contributed by atoms with Gasteiger partial charge in [-0.25, -0.2) is 4.98 Å². The summed E-state index contributed by atoms with van der Waals surface area (Å²) in [5.41, 5.74) is 9.28. The number of esters is 1. The molecule has 0 saturated carbocycles. The predicted molar refractivity (Wildman–Crippen MR) is 154 cm³/mol. The fourth-order valence-corrected chi connectivity index (χ4v) is 4.53. The normalized spacial score (nSPS) is 11.0. The lowest BCUT2D eigenvalue weighted by Crippen LogP contribution is -2.36. The number of methoxy groups -OCH3 is 1. The Kier molecular flexibility index (Phi) is 11.4. The summed E-state index contributed by atoms with van der Waals surface area (Å²) in [6, 6.07) is 7.58. The number of ether oxygens (including phenoxy) is 2. The zero-order valence-corrected chi connectivity index (χ0v) is 23.7. The number of carbonyl (C=O) groups excluding carboxylic acids is 2. The van der Waals surface area contributed by atoms with Crippen LogP contribution in [0, 0.1) is 0 Å². The van der Waals surface area contributed by atoms with E-state index < -0.39 is 5.97 Å². The number of anilines is 2. The van der Waals surface area contributed by atoms with Crippen molar-refractivity contribution in [2.24, 2.45) is 0 Å². The van der Waals surface area contributed by atoms with E-state index in [1.807, 2.05) is 44.3 Å². The average molecular weight is 539 g/mol.